The van der Waals surface area contributed by atoms with Crippen molar-refractivity contribution >= 4 is 11.3 Å². The van der Waals surface area contributed by atoms with Crippen molar-refractivity contribution in [2.75, 3.05) is 5.73 Å². The van der Waals surface area contributed by atoms with Crippen LogP contribution in [0.4, 0.5) is 5.69 Å². The molecule has 1 aromatic heterocycles. The number of nitrogens with zero attached hydrogens (tertiary/aromatic N) is 1. The van der Waals surface area contributed by atoms with Crippen LogP contribution in [0.1, 0.15) is 91.0 Å². The van der Waals surface area contributed by atoms with Crippen LogP contribution < -0.4 is 5.73 Å². The molecular formula is C25H36N2O3. The van der Waals surface area contributed by atoms with E-state index >= 15 is 0 Å². The van der Waals surface area contributed by atoms with E-state index in [-0.39, 0.29) is 23.4 Å². The zero-order chi connectivity index (χ0) is 21.5. The standard InChI is InChI=1S/C25H36N2O3/c1-22(2)11-9-15(10-12-22)19-17(26)7-8-18(27-19)16-13-24(5)20-21(25(6,14-16)30-24)29-23(3,4)28-20/h7-9,16,20-21H,10-14,26H2,1-6H3/t16-,20-,21+,24+,25-. The van der Waals surface area contributed by atoms with Crippen molar-refractivity contribution in [3.05, 3.63) is 29.6 Å². The average Bonchev–Trinajstić information content (AvgIpc) is 3.05. The van der Waals surface area contributed by atoms with Crippen LogP contribution in [0.2, 0.25) is 0 Å². The van der Waals surface area contributed by atoms with Gasteiger partial charge in [0.05, 0.1) is 22.6 Å². The van der Waals surface area contributed by atoms with Crippen molar-refractivity contribution in [2.24, 2.45) is 5.41 Å². The highest BCUT2D eigenvalue weighted by Crippen LogP contribution is 2.58. The van der Waals surface area contributed by atoms with Crippen LogP contribution in [0, 0.1) is 5.41 Å². The molecule has 5 atom stereocenters. The molecule has 3 saturated heterocycles. The number of pyridine rings is 1. The molecule has 0 saturated carbocycles. The summed E-state index contributed by atoms with van der Waals surface area (Å²) in [5.74, 6) is -0.253. The van der Waals surface area contributed by atoms with Gasteiger partial charge in [0.25, 0.3) is 0 Å². The third-order valence-corrected chi connectivity index (χ3v) is 7.71. The lowest BCUT2D eigenvalue weighted by Crippen LogP contribution is -2.46. The molecule has 0 spiro atoms. The summed E-state index contributed by atoms with van der Waals surface area (Å²) >= 11 is 0. The fourth-order valence-electron chi connectivity index (χ4n) is 6.14. The van der Waals surface area contributed by atoms with Crippen molar-refractivity contribution in [1.82, 2.24) is 4.98 Å². The maximum absolute atomic E-state index is 6.56. The molecule has 5 nitrogen and oxygen atoms in total. The topological polar surface area (TPSA) is 66.6 Å². The Kier molecular flexibility index (Phi) is 4.30. The summed E-state index contributed by atoms with van der Waals surface area (Å²) in [7, 11) is 0. The molecule has 1 aliphatic carbocycles. The molecule has 3 aliphatic heterocycles. The van der Waals surface area contributed by atoms with E-state index in [0.717, 1.165) is 42.8 Å². The highest BCUT2D eigenvalue weighted by molar-refractivity contribution is 5.73. The summed E-state index contributed by atoms with van der Waals surface area (Å²) in [5, 5.41) is 0. The van der Waals surface area contributed by atoms with Crippen molar-refractivity contribution in [1.29, 1.82) is 0 Å². The van der Waals surface area contributed by atoms with Gasteiger partial charge in [-0.3, -0.25) is 4.98 Å². The summed E-state index contributed by atoms with van der Waals surface area (Å²) in [6.07, 6.45) is 7.31. The lowest BCUT2D eigenvalue weighted by atomic mass is 9.77. The van der Waals surface area contributed by atoms with Gasteiger partial charge < -0.3 is 19.9 Å². The van der Waals surface area contributed by atoms with E-state index in [4.69, 9.17) is 24.9 Å². The monoisotopic (exact) mass is 412 g/mol. The Labute approximate surface area is 180 Å². The van der Waals surface area contributed by atoms with Crippen molar-refractivity contribution in [3.63, 3.8) is 0 Å². The van der Waals surface area contributed by atoms with Gasteiger partial charge in [-0.15, -0.1) is 0 Å². The Balaban J connectivity index is 1.45. The Morgan fingerprint density at radius 1 is 0.967 bits per heavy atom. The minimum atomic E-state index is -0.553. The first-order chi connectivity index (χ1) is 13.9. The quantitative estimate of drug-likeness (QED) is 0.723. The number of rotatable bonds is 2. The summed E-state index contributed by atoms with van der Waals surface area (Å²) < 4.78 is 19.2. The molecule has 164 valence electrons. The van der Waals surface area contributed by atoms with Gasteiger partial charge in [-0.05, 0) is 82.9 Å². The van der Waals surface area contributed by atoms with E-state index < -0.39 is 5.79 Å². The van der Waals surface area contributed by atoms with E-state index in [1.165, 1.54) is 12.0 Å². The number of nitrogen functional groups attached to an aromatic ring is 1. The van der Waals surface area contributed by atoms with Gasteiger partial charge in [0, 0.05) is 11.6 Å². The molecular weight excluding hydrogens is 376 g/mol. The zero-order valence-electron chi connectivity index (χ0n) is 19.2. The van der Waals surface area contributed by atoms with Gasteiger partial charge in [0.15, 0.2) is 5.79 Å². The third kappa shape index (κ3) is 3.21. The molecule has 3 fully saturated rings. The van der Waals surface area contributed by atoms with Crippen LogP contribution in [0.5, 0.6) is 0 Å². The Hall–Kier alpha value is -1.43. The van der Waals surface area contributed by atoms with Gasteiger partial charge in [0.1, 0.15) is 12.2 Å². The van der Waals surface area contributed by atoms with Crippen LogP contribution in [-0.4, -0.2) is 34.2 Å². The van der Waals surface area contributed by atoms with Crippen molar-refractivity contribution in [3.8, 4) is 0 Å². The second kappa shape index (κ2) is 6.30. The second-order valence-electron chi connectivity index (χ2n) is 11.6. The first-order valence-electron chi connectivity index (χ1n) is 11.4. The van der Waals surface area contributed by atoms with Crippen LogP contribution in [0.25, 0.3) is 5.57 Å². The number of hydrogen-bond donors (Lipinski definition) is 1. The fourth-order valence-corrected chi connectivity index (χ4v) is 6.14. The summed E-state index contributed by atoms with van der Waals surface area (Å²) in [6.45, 7) is 13.0. The first kappa shape index (κ1) is 20.5. The SMILES string of the molecule is CC1(C)CC=C(c2nc([C@H]3C[C@@]4(C)O[C@@](C)(C3)[C@@H]3OC(C)(C)O[C@@H]34)ccc2N)CC1. The van der Waals surface area contributed by atoms with Crippen LogP contribution in [0.3, 0.4) is 0 Å². The van der Waals surface area contributed by atoms with Crippen molar-refractivity contribution in [2.45, 2.75) is 109 Å². The predicted octanol–water partition coefficient (Wildman–Crippen LogP) is 5.20. The largest absolute Gasteiger partial charge is 0.397 e. The smallest absolute Gasteiger partial charge is 0.164 e. The number of nitrogens with two attached hydrogens (primary N) is 1. The normalized spacial score (nSPS) is 41.4. The van der Waals surface area contributed by atoms with E-state index in [0.29, 0.717) is 11.3 Å². The van der Waals surface area contributed by atoms with E-state index in [1.54, 1.807) is 0 Å². The van der Waals surface area contributed by atoms with Gasteiger partial charge >= 0.3 is 0 Å². The van der Waals surface area contributed by atoms with Gasteiger partial charge in [-0.2, -0.15) is 0 Å². The lowest BCUT2D eigenvalue weighted by molar-refractivity contribution is -0.242. The molecule has 5 rings (SSSR count). The maximum atomic E-state index is 6.56. The molecule has 2 bridgehead atoms. The third-order valence-electron chi connectivity index (χ3n) is 7.71. The molecule has 4 aliphatic rings. The minimum Gasteiger partial charge on any atom is -0.397 e. The number of aromatic nitrogens is 1. The van der Waals surface area contributed by atoms with Crippen molar-refractivity contribution < 1.29 is 14.2 Å². The first-order valence-corrected chi connectivity index (χ1v) is 11.4. The summed E-state index contributed by atoms with van der Waals surface area (Å²) in [6, 6.07) is 4.15. The number of anilines is 1. The number of ether oxygens (including phenoxy) is 3. The average molecular weight is 413 g/mol. The van der Waals surface area contributed by atoms with E-state index in [9.17, 15) is 0 Å². The van der Waals surface area contributed by atoms with Gasteiger partial charge in [-0.1, -0.05) is 19.9 Å². The molecule has 4 heterocycles. The Bertz CT molecular complexity index is 880. The van der Waals surface area contributed by atoms with Crippen LogP contribution in [0.15, 0.2) is 18.2 Å². The molecule has 1 aromatic rings. The zero-order valence-corrected chi connectivity index (χ0v) is 19.2. The molecule has 5 heteroatoms. The molecule has 2 N–H and O–H groups in total. The number of fused-ring (bicyclic) bond motifs is 5. The highest BCUT2D eigenvalue weighted by atomic mass is 16.8. The fraction of sp³-hybridized carbons (Fsp3) is 0.720. The Morgan fingerprint density at radius 2 is 1.60 bits per heavy atom. The van der Waals surface area contributed by atoms with Gasteiger partial charge in [0.2, 0.25) is 0 Å². The molecule has 0 unspecified atom stereocenters. The minimum absolute atomic E-state index is 0.0426. The van der Waals surface area contributed by atoms with Gasteiger partial charge in [-0.25, -0.2) is 0 Å². The van der Waals surface area contributed by atoms with Crippen LogP contribution >= 0.6 is 0 Å². The Morgan fingerprint density at radius 3 is 2.17 bits per heavy atom. The molecule has 0 amide bonds. The molecule has 0 aromatic carbocycles. The highest BCUT2D eigenvalue weighted by Gasteiger charge is 2.68. The maximum Gasteiger partial charge on any atom is 0.164 e. The van der Waals surface area contributed by atoms with Crippen LogP contribution in [-0.2, 0) is 14.2 Å². The second-order valence-corrected chi connectivity index (χ2v) is 11.6. The summed E-state index contributed by atoms with van der Waals surface area (Å²) in [4.78, 5) is 5.12. The molecule has 30 heavy (non-hydrogen) atoms. The van der Waals surface area contributed by atoms with E-state index in [2.05, 4.69) is 39.8 Å². The van der Waals surface area contributed by atoms with E-state index in [1.807, 2.05) is 19.9 Å². The predicted molar refractivity (Wildman–Crippen MR) is 118 cm³/mol. The molecule has 0 radical (unpaired) electrons. The summed E-state index contributed by atoms with van der Waals surface area (Å²) in [5.41, 5.74) is 10.2. The number of allylic oxidation sites excluding steroid dienone is 2. The number of hydrogen-bond acceptors (Lipinski definition) is 5. The lowest BCUT2D eigenvalue weighted by Gasteiger charge is -2.43.